The zero-order valence-electron chi connectivity index (χ0n) is 12.1. The van der Waals surface area contributed by atoms with Gasteiger partial charge in [-0.3, -0.25) is 4.79 Å². The summed E-state index contributed by atoms with van der Waals surface area (Å²) in [6, 6.07) is 3.26. The maximum atomic E-state index is 13.0. The van der Waals surface area contributed by atoms with Crippen molar-refractivity contribution in [2.75, 3.05) is 6.61 Å². The molecule has 0 spiro atoms. The first-order chi connectivity index (χ1) is 10.8. The summed E-state index contributed by atoms with van der Waals surface area (Å²) in [4.78, 5) is 23.2. The Kier molecular flexibility index (Phi) is 5.25. The van der Waals surface area contributed by atoms with Crippen molar-refractivity contribution >= 4 is 11.9 Å². The minimum Gasteiger partial charge on any atom is -0.480 e. The van der Waals surface area contributed by atoms with Crippen molar-refractivity contribution in [2.24, 2.45) is 0 Å². The molecule has 0 saturated carbocycles. The summed E-state index contributed by atoms with van der Waals surface area (Å²) in [5.74, 6) is -2.01. The van der Waals surface area contributed by atoms with Crippen LogP contribution >= 0.6 is 0 Å². The minimum absolute atomic E-state index is 0.181. The summed E-state index contributed by atoms with van der Waals surface area (Å²) in [6.07, 6.45) is -4.62. The van der Waals surface area contributed by atoms with Crippen molar-refractivity contribution in [2.45, 2.75) is 37.6 Å². The van der Waals surface area contributed by atoms with Crippen LogP contribution in [0.4, 0.5) is 13.2 Å². The zero-order valence-corrected chi connectivity index (χ0v) is 12.1. The molecule has 1 aromatic carbocycles. The molecule has 2 rings (SSSR count). The summed E-state index contributed by atoms with van der Waals surface area (Å²) in [5.41, 5.74) is -1.09. The molecular weight excluding hydrogens is 315 g/mol. The largest absolute Gasteiger partial charge is 0.480 e. The molecule has 0 radical (unpaired) electrons. The van der Waals surface area contributed by atoms with E-state index in [1.54, 1.807) is 0 Å². The van der Waals surface area contributed by atoms with Crippen LogP contribution in [0.1, 0.15) is 24.0 Å². The molecule has 2 atom stereocenters. The number of amides is 1. The van der Waals surface area contributed by atoms with Gasteiger partial charge >= 0.3 is 12.1 Å². The monoisotopic (exact) mass is 331 g/mol. The third-order valence-electron chi connectivity index (χ3n) is 3.58. The zero-order chi connectivity index (χ0) is 17.0. The molecule has 8 heteroatoms. The lowest BCUT2D eigenvalue weighted by Gasteiger charge is -2.19. The topological polar surface area (TPSA) is 75.6 Å². The number of carboxylic acid groups (broad SMARTS) is 1. The van der Waals surface area contributed by atoms with Gasteiger partial charge < -0.3 is 15.2 Å². The Morgan fingerprint density at radius 3 is 2.61 bits per heavy atom. The number of carboxylic acids is 1. The second-order valence-electron chi connectivity index (χ2n) is 5.26. The highest BCUT2D eigenvalue weighted by Crippen LogP contribution is 2.32. The molecular formula is C15H16F3NO4. The van der Waals surface area contributed by atoms with Gasteiger partial charge in [-0.05, 0) is 24.5 Å². The van der Waals surface area contributed by atoms with Crippen LogP contribution < -0.4 is 5.32 Å². The molecule has 1 heterocycles. The van der Waals surface area contributed by atoms with Crippen molar-refractivity contribution in [3.63, 3.8) is 0 Å². The van der Waals surface area contributed by atoms with Gasteiger partial charge in [0.15, 0.2) is 0 Å². The molecule has 1 aliphatic rings. The summed E-state index contributed by atoms with van der Waals surface area (Å²) in [6.45, 7) is 0.409. The number of alkyl halides is 3. The summed E-state index contributed by atoms with van der Waals surface area (Å²) < 4.78 is 44.0. The Morgan fingerprint density at radius 2 is 2.04 bits per heavy atom. The lowest BCUT2D eigenvalue weighted by atomic mass is 9.99. The van der Waals surface area contributed by atoms with Gasteiger partial charge in [-0.2, -0.15) is 13.2 Å². The van der Waals surface area contributed by atoms with E-state index in [2.05, 4.69) is 5.32 Å². The Bertz CT molecular complexity index is 582. The fourth-order valence-corrected chi connectivity index (χ4v) is 2.44. The van der Waals surface area contributed by atoms with Gasteiger partial charge in [0.2, 0.25) is 5.91 Å². The number of aliphatic carboxylic acids is 1. The highest BCUT2D eigenvalue weighted by molar-refractivity contribution is 5.86. The number of hydrogen-bond acceptors (Lipinski definition) is 3. The highest BCUT2D eigenvalue weighted by atomic mass is 19.4. The van der Waals surface area contributed by atoms with Crippen LogP contribution in [0.25, 0.3) is 0 Å². The minimum atomic E-state index is -4.59. The molecule has 1 aliphatic heterocycles. The lowest BCUT2D eigenvalue weighted by Crippen LogP contribution is -2.46. The quantitative estimate of drug-likeness (QED) is 0.865. The molecule has 0 bridgehead atoms. The summed E-state index contributed by atoms with van der Waals surface area (Å²) in [5, 5.41) is 11.4. The van der Waals surface area contributed by atoms with Gasteiger partial charge in [0.1, 0.15) is 12.1 Å². The van der Waals surface area contributed by atoms with E-state index in [0.29, 0.717) is 19.4 Å². The molecule has 2 N–H and O–H groups in total. The van der Waals surface area contributed by atoms with E-state index in [4.69, 9.17) is 4.74 Å². The van der Waals surface area contributed by atoms with E-state index < -0.39 is 42.2 Å². The molecule has 1 fully saturated rings. The SMILES string of the molecule is O=C(N[C@H](Cc1ccccc1C(F)(F)F)C(=O)O)[C@@H]1CCCO1. The number of rotatable bonds is 5. The van der Waals surface area contributed by atoms with Gasteiger partial charge in [0.05, 0.1) is 5.56 Å². The highest BCUT2D eigenvalue weighted by Gasteiger charge is 2.35. The Hall–Kier alpha value is -2.09. The molecule has 126 valence electrons. The standard InChI is InChI=1S/C15H16F3NO4/c16-15(17,18)10-5-2-1-4-9(10)8-11(14(21)22)19-13(20)12-6-3-7-23-12/h1-2,4-5,11-12H,3,6-8H2,(H,19,20)(H,21,22)/t11-,12+/m1/s1. The maximum absolute atomic E-state index is 13.0. The Morgan fingerprint density at radius 1 is 1.35 bits per heavy atom. The van der Waals surface area contributed by atoms with Crippen LogP contribution in [-0.4, -0.2) is 35.7 Å². The first-order valence-electron chi connectivity index (χ1n) is 7.09. The van der Waals surface area contributed by atoms with E-state index in [0.717, 1.165) is 6.07 Å². The van der Waals surface area contributed by atoms with Crippen molar-refractivity contribution in [3.8, 4) is 0 Å². The number of carbonyl (C=O) groups excluding carboxylic acids is 1. The van der Waals surface area contributed by atoms with Crippen molar-refractivity contribution in [1.29, 1.82) is 0 Å². The number of carbonyl (C=O) groups is 2. The van der Waals surface area contributed by atoms with E-state index >= 15 is 0 Å². The fraction of sp³-hybridized carbons (Fsp3) is 0.467. The van der Waals surface area contributed by atoms with Gasteiger partial charge in [-0.15, -0.1) is 0 Å². The first kappa shape index (κ1) is 17.3. The molecule has 23 heavy (non-hydrogen) atoms. The van der Waals surface area contributed by atoms with Gasteiger partial charge in [0.25, 0.3) is 0 Å². The van der Waals surface area contributed by atoms with Crippen LogP contribution in [0.15, 0.2) is 24.3 Å². The van der Waals surface area contributed by atoms with Crippen LogP contribution in [0.5, 0.6) is 0 Å². The van der Waals surface area contributed by atoms with E-state index in [9.17, 15) is 27.9 Å². The van der Waals surface area contributed by atoms with Gasteiger partial charge in [-0.25, -0.2) is 4.79 Å². The lowest BCUT2D eigenvalue weighted by molar-refractivity contribution is -0.144. The molecule has 1 aromatic rings. The fourth-order valence-electron chi connectivity index (χ4n) is 2.44. The molecule has 0 aliphatic carbocycles. The van der Waals surface area contributed by atoms with E-state index in [-0.39, 0.29) is 5.56 Å². The maximum Gasteiger partial charge on any atom is 0.416 e. The van der Waals surface area contributed by atoms with Gasteiger partial charge in [0, 0.05) is 13.0 Å². The second-order valence-corrected chi connectivity index (χ2v) is 5.26. The summed E-state index contributed by atoms with van der Waals surface area (Å²) in [7, 11) is 0. The third-order valence-corrected chi connectivity index (χ3v) is 3.58. The first-order valence-corrected chi connectivity index (χ1v) is 7.09. The van der Waals surface area contributed by atoms with Crippen LogP contribution in [0.3, 0.4) is 0 Å². The number of hydrogen-bond donors (Lipinski definition) is 2. The van der Waals surface area contributed by atoms with Gasteiger partial charge in [-0.1, -0.05) is 18.2 Å². The number of halogens is 3. The smallest absolute Gasteiger partial charge is 0.416 e. The van der Waals surface area contributed by atoms with E-state index in [1.165, 1.54) is 18.2 Å². The second kappa shape index (κ2) is 6.99. The molecule has 0 aromatic heterocycles. The number of benzene rings is 1. The predicted molar refractivity (Wildman–Crippen MR) is 73.7 cm³/mol. The molecule has 1 amide bonds. The molecule has 5 nitrogen and oxygen atoms in total. The Labute approximate surface area is 130 Å². The Balaban J connectivity index is 2.14. The van der Waals surface area contributed by atoms with Crippen molar-refractivity contribution < 1.29 is 32.6 Å². The third kappa shape index (κ3) is 4.44. The number of ether oxygens (including phenoxy) is 1. The molecule has 0 unspecified atom stereocenters. The number of nitrogens with one attached hydrogen (secondary N) is 1. The average Bonchev–Trinajstić information content (AvgIpc) is 3.00. The summed E-state index contributed by atoms with van der Waals surface area (Å²) >= 11 is 0. The average molecular weight is 331 g/mol. The van der Waals surface area contributed by atoms with Crippen LogP contribution in [0, 0.1) is 0 Å². The molecule has 1 saturated heterocycles. The van der Waals surface area contributed by atoms with Crippen LogP contribution in [0.2, 0.25) is 0 Å². The normalized spacial score (nSPS) is 19.3. The van der Waals surface area contributed by atoms with Crippen LogP contribution in [-0.2, 0) is 26.9 Å². The van der Waals surface area contributed by atoms with Crippen molar-refractivity contribution in [3.05, 3.63) is 35.4 Å². The predicted octanol–water partition coefficient (Wildman–Crippen LogP) is 2.00. The van der Waals surface area contributed by atoms with E-state index in [1.807, 2.05) is 0 Å². The van der Waals surface area contributed by atoms with Crippen molar-refractivity contribution in [1.82, 2.24) is 5.32 Å².